The van der Waals surface area contributed by atoms with Crippen LogP contribution in [0.3, 0.4) is 0 Å². The summed E-state index contributed by atoms with van der Waals surface area (Å²) >= 11 is 0. The number of nitrogens with one attached hydrogen (secondary N) is 1. The fourth-order valence-corrected chi connectivity index (χ4v) is 2.41. The van der Waals surface area contributed by atoms with Gasteiger partial charge in [0.05, 0.1) is 25.5 Å². The van der Waals surface area contributed by atoms with Gasteiger partial charge in [-0.25, -0.2) is 4.98 Å². The van der Waals surface area contributed by atoms with E-state index in [0.717, 1.165) is 17.8 Å². The Bertz CT molecular complexity index is 612. The van der Waals surface area contributed by atoms with Gasteiger partial charge in [-0.3, -0.25) is 4.79 Å². The number of hydrogen-bond acceptors (Lipinski definition) is 4. The van der Waals surface area contributed by atoms with E-state index in [9.17, 15) is 4.79 Å². The molecular formula is C15H18N4O2. The highest BCUT2D eigenvalue weighted by Crippen LogP contribution is 2.17. The van der Waals surface area contributed by atoms with Crippen molar-refractivity contribution in [3.63, 3.8) is 0 Å². The topological polar surface area (TPSA) is 82.2 Å². The lowest BCUT2D eigenvalue weighted by atomic mass is 10.0. The minimum absolute atomic E-state index is 0.0835. The summed E-state index contributed by atoms with van der Waals surface area (Å²) in [7, 11) is 0. The predicted octanol–water partition coefficient (Wildman–Crippen LogP) is 0.844. The van der Waals surface area contributed by atoms with E-state index in [2.05, 4.69) is 10.3 Å². The first-order valence-electron chi connectivity index (χ1n) is 6.91. The van der Waals surface area contributed by atoms with Gasteiger partial charge in [0, 0.05) is 30.7 Å². The molecule has 6 nitrogen and oxygen atoms in total. The minimum atomic E-state index is -0.276. The number of imidazole rings is 1. The average Bonchev–Trinajstić information content (AvgIpc) is 3.10. The Morgan fingerprint density at radius 1 is 1.48 bits per heavy atom. The molecule has 3 N–H and O–H groups in total. The van der Waals surface area contributed by atoms with Gasteiger partial charge in [-0.1, -0.05) is 12.1 Å². The van der Waals surface area contributed by atoms with Crippen LogP contribution in [0.4, 0.5) is 5.69 Å². The number of carbonyl (C=O) groups is 1. The predicted molar refractivity (Wildman–Crippen MR) is 78.7 cm³/mol. The van der Waals surface area contributed by atoms with Crippen LogP contribution < -0.4 is 11.1 Å². The van der Waals surface area contributed by atoms with Crippen molar-refractivity contribution in [2.24, 2.45) is 11.7 Å². The Balaban J connectivity index is 1.67. The Hall–Kier alpha value is -2.18. The molecular weight excluding hydrogens is 268 g/mol. The average molecular weight is 286 g/mol. The smallest absolute Gasteiger partial charge is 0.231 e. The van der Waals surface area contributed by atoms with Crippen molar-refractivity contribution in [1.29, 1.82) is 0 Å². The van der Waals surface area contributed by atoms with Crippen LogP contribution in [0.5, 0.6) is 0 Å². The van der Waals surface area contributed by atoms with Crippen LogP contribution >= 0.6 is 0 Å². The second kappa shape index (κ2) is 6.07. The van der Waals surface area contributed by atoms with E-state index in [-0.39, 0.29) is 17.9 Å². The number of amides is 1. The van der Waals surface area contributed by atoms with Crippen LogP contribution in [0.1, 0.15) is 5.56 Å². The summed E-state index contributed by atoms with van der Waals surface area (Å²) in [5.74, 6) is -0.359. The minimum Gasteiger partial charge on any atom is -0.379 e. The Morgan fingerprint density at radius 3 is 3.10 bits per heavy atom. The van der Waals surface area contributed by atoms with E-state index in [1.54, 1.807) is 12.5 Å². The quantitative estimate of drug-likeness (QED) is 0.872. The van der Waals surface area contributed by atoms with Gasteiger partial charge in [0.2, 0.25) is 5.91 Å². The Kier molecular flexibility index (Phi) is 3.98. The molecule has 3 rings (SSSR count). The zero-order valence-corrected chi connectivity index (χ0v) is 11.6. The van der Waals surface area contributed by atoms with Crippen LogP contribution in [0.15, 0.2) is 43.0 Å². The number of aromatic nitrogens is 2. The maximum absolute atomic E-state index is 12.2. The summed E-state index contributed by atoms with van der Waals surface area (Å²) in [5, 5.41) is 2.91. The third kappa shape index (κ3) is 3.29. The van der Waals surface area contributed by atoms with Crippen molar-refractivity contribution in [3.8, 4) is 0 Å². The Labute approximate surface area is 122 Å². The largest absolute Gasteiger partial charge is 0.379 e. The van der Waals surface area contributed by atoms with Gasteiger partial charge in [-0.2, -0.15) is 0 Å². The zero-order chi connectivity index (χ0) is 14.7. The standard InChI is InChI=1S/C15H18N4O2/c16-14-9-21-8-13(14)15(20)18-12-3-1-2-11(6-12)7-19-5-4-17-10-19/h1-6,10,13-14H,7-9,16H2,(H,18,20). The SMILES string of the molecule is NC1COCC1C(=O)Nc1cccc(Cn2ccnc2)c1. The van der Waals surface area contributed by atoms with E-state index in [4.69, 9.17) is 10.5 Å². The summed E-state index contributed by atoms with van der Waals surface area (Å²) < 4.78 is 7.20. The first-order chi connectivity index (χ1) is 10.2. The molecule has 0 radical (unpaired) electrons. The molecule has 6 heteroatoms. The van der Waals surface area contributed by atoms with Gasteiger partial charge in [-0.05, 0) is 17.7 Å². The highest BCUT2D eigenvalue weighted by Gasteiger charge is 2.31. The van der Waals surface area contributed by atoms with E-state index in [0.29, 0.717) is 13.2 Å². The lowest BCUT2D eigenvalue weighted by Gasteiger charge is -2.14. The van der Waals surface area contributed by atoms with Crippen molar-refractivity contribution in [1.82, 2.24) is 9.55 Å². The first-order valence-corrected chi connectivity index (χ1v) is 6.91. The summed E-state index contributed by atoms with van der Waals surface area (Å²) in [5.41, 5.74) is 7.73. The summed E-state index contributed by atoms with van der Waals surface area (Å²) in [6.07, 6.45) is 5.41. The number of hydrogen-bond donors (Lipinski definition) is 2. The summed E-state index contributed by atoms with van der Waals surface area (Å²) in [6.45, 7) is 1.55. The van der Waals surface area contributed by atoms with Crippen molar-refractivity contribution >= 4 is 11.6 Å². The summed E-state index contributed by atoms with van der Waals surface area (Å²) in [6, 6.07) is 7.54. The van der Waals surface area contributed by atoms with Gasteiger partial charge in [0.1, 0.15) is 0 Å². The number of ether oxygens (including phenoxy) is 1. The lowest BCUT2D eigenvalue weighted by Crippen LogP contribution is -2.37. The second-order valence-corrected chi connectivity index (χ2v) is 5.23. The first kappa shape index (κ1) is 13.8. The van der Waals surface area contributed by atoms with Crippen LogP contribution in [-0.2, 0) is 16.1 Å². The number of anilines is 1. The van der Waals surface area contributed by atoms with Crippen molar-refractivity contribution in [3.05, 3.63) is 48.5 Å². The number of rotatable bonds is 4. The van der Waals surface area contributed by atoms with E-state index in [1.807, 2.05) is 35.0 Å². The molecule has 2 heterocycles. The fraction of sp³-hybridized carbons (Fsp3) is 0.333. The van der Waals surface area contributed by atoms with Crippen LogP contribution in [0.2, 0.25) is 0 Å². The third-order valence-corrected chi connectivity index (χ3v) is 3.58. The van der Waals surface area contributed by atoms with Gasteiger partial charge < -0.3 is 20.4 Å². The molecule has 0 spiro atoms. The molecule has 1 amide bonds. The monoisotopic (exact) mass is 286 g/mol. The molecule has 1 fully saturated rings. The number of carbonyl (C=O) groups excluding carboxylic acids is 1. The molecule has 1 aliphatic heterocycles. The molecule has 110 valence electrons. The van der Waals surface area contributed by atoms with E-state index >= 15 is 0 Å². The van der Waals surface area contributed by atoms with Gasteiger partial charge >= 0.3 is 0 Å². The molecule has 1 aromatic carbocycles. The molecule has 21 heavy (non-hydrogen) atoms. The summed E-state index contributed by atoms with van der Waals surface area (Å²) in [4.78, 5) is 16.2. The lowest BCUT2D eigenvalue weighted by molar-refractivity contribution is -0.120. The maximum atomic E-state index is 12.2. The van der Waals surface area contributed by atoms with Gasteiger partial charge in [-0.15, -0.1) is 0 Å². The van der Waals surface area contributed by atoms with Crippen LogP contribution in [0.25, 0.3) is 0 Å². The highest BCUT2D eigenvalue weighted by molar-refractivity contribution is 5.93. The number of nitrogens with two attached hydrogens (primary N) is 1. The van der Waals surface area contributed by atoms with Crippen molar-refractivity contribution < 1.29 is 9.53 Å². The normalized spacial score (nSPS) is 21.4. The van der Waals surface area contributed by atoms with Crippen LogP contribution in [-0.4, -0.2) is 34.7 Å². The molecule has 2 unspecified atom stereocenters. The molecule has 1 aromatic heterocycles. The van der Waals surface area contributed by atoms with E-state index in [1.165, 1.54) is 0 Å². The Morgan fingerprint density at radius 2 is 2.38 bits per heavy atom. The molecule has 0 bridgehead atoms. The maximum Gasteiger partial charge on any atom is 0.231 e. The molecule has 0 aliphatic carbocycles. The van der Waals surface area contributed by atoms with E-state index < -0.39 is 0 Å². The fourth-order valence-electron chi connectivity index (χ4n) is 2.41. The molecule has 2 atom stereocenters. The zero-order valence-electron chi connectivity index (χ0n) is 11.6. The van der Waals surface area contributed by atoms with Crippen molar-refractivity contribution in [2.45, 2.75) is 12.6 Å². The van der Waals surface area contributed by atoms with Crippen LogP contribution in [0, 0.1) is 5.92 Å². The molecule has 1 aliphatic rings. The molecule has 1 saturated heterocycles. The molecule has 0 saturated carbocycles. The number of benzene rings is 1. The van der Waals surface area contributed by atoms with Gasteiger partial charge in [0.15, 0.2) is 0 Å². The van der Waals surface area contributed by atoms with Crippen molar-refractivity contribution in [2.75, 3.05) is 18.5 Å². The third-order valence-electron chi connectivity index (χ3n) is 3.58. The van der Waals surface area contributed by atoms with Gasteiger partial charge in [0.25, 0.3) is 0 Å². The number of nitrogens with zero attached hydrogens (tertiary/aromatic N) is 2. The second-order valence-electron chi connectivity index (χ2n) is 5.23. The highest BCUT2D eigenvalue weighted by atomic mass is 16.5. The molecule has 2 aromatic rings.